The number of carbonyl (C=O) groups excluding carboxylic acids is 1. The van der Waals surface area contributed by atoms with E-state index in [1.165, 1.54) is 0 Å². The minimum atomic E-state index is -0.834. The van der Waals surface area contributed by atoms with Crippen molar-refractivity contribution in [3.05, 3.63) is 29.3 Å². The smallest absolute Gasteiger partial charge is 0.319 e. The fourth-order valence-electron chi connectivity index (χ4n) is 1.90. The summed E-state index contributed by atoms with van der Waals surface area (Å²) in [4.78, 5) is 22.7. The molecule has 0 atom stereocenters. The van der Waals surface area contributed by atoms with E-state index in [-0.39, 0.29) is 12.6 Å². The third kappa shape index (κ3) is 3.05. The molecule has 0 spiro atoms. The molecule has 0 bridgehead atoms. The summed E-state index contributed by atoms with van der Waals surface area (Å²) in [6.07, 6.45) is 1.26. The maximum absolute atomic E-state index is 11.8. The monoisotopic (exact) mass is 262 g/mol. The van der Waals surface area contributed by atoms with Crippen molar-refractivity contribution in [2.45, 2.75) is 26.7 Å². The highest BCUT2D eigenvalue weighted by molar-refractivity contribution is 5.90. The Hall–Kier alpha value is -2.04. The van der Waals surface area contributed by atoms with E-state index in [4.69, 9.17) is 5.11 Å². The fraction of sp³-hybridized carbons (Fsp3) is 0.429. The molecule has 2 rings (SSSR count). The molecule has 19 heavy (non-hydrogen) atoms. The van der Waals surface area contributed by atoms with Gasteiger partial charge in [0.1, 0.15) is 0 Å². The van der Waals surface area contributed by atoms with E-state index in [0.717, 1.165) is 16.8 Å². The van der Waals surface area contributed by atoms with Gasteiger partial charge in [0, 0.05) is 12.2 Å². The summed E-state index contributed by atoms with van der Waals surface area (Å²) in [6, 6.07) is 5.44. The van der Waals surface area contributed by atoms with Crippen LogP contribution in [0.2, 0.25) is 0 Å². The van der Waals surface area contributed by atoms with Crippen LogP contribution >= 0.6 is 0 Å². The minimum Gasteiger partial charge on any atom is -0.481 e. The number of amides is 2. The molecule has 0 unspecified atom stereocenters. The van der Waals surface area contributed by atoms with Crippen molar-refractivity contribution in [2.24, 2.45) is 5.41 Å². The first kappa shape index (κ1) is 13.4. The van der Waals surface area contributed by atoms with E-state index >= 15 is 0 Å². The Morgan fingerprint density at radius 3 is 2.58 bits per heavy atom. The van der Waals surface area contributed by atoms with Crippen LogP contribution in [-0.2, 0) is 4.79 Å². The van der Waals surface area contributed by atoms with Gasteiger partial charge in [-0.05, 0) is 43.9 Å². The van der Waals surface area contributed by atoms with E-state index in [2.05, 4.69) is 10.6 Å². The predicted octanol–water partition coefficient (Wildman–Crippen LogP) is 2.29. The molecular formula is C14H18N2O3. The number of hydrogen-bond acceptors (Lipinski definition) is 2. The van der Waals surface area contributed by atoms with Gasteiger partial charge in [0.15, 0.2) is 0 Å². The molecule has 2 amide bonds. The second-order valence-corrected chi connectivity index (χ2v) is 5.21. The summed E-state index contributed by atoms with van der Waals surface area (Å²) in [5.41, 5.74) is 2.04. The molecule has 102 valence electrons. The summed E-state index contributed by atoms with van der Waals surface area (Å²) in [5.74, 6) is -0.834. The lowest BCUT2D eigenvalue weighted by Crippen LogP contribution is -2.36. The first-order valence-corrected chi connectivity index (χ1v) is 6.28. The molecular weight excluding hydrogens is 244 g/mol. The van der Waals surface area contributed by atoms with E-state index in [1.54, 1.807) is 0 Å². The lowest BCUT2D eigenvalue weighted by Gasteiger charge is -2.13. The molecule has 1 aromatic carbocycles. The zero-order chi connectivity index (χ0) is 14.0. The molecule has 1 saturated carbocycles. The van der Waals surface area contributed by atoms with E-state index < -0.39 is 11.4 Å². The van der Waals surface area contributed by atoms with Gasteiger partial charge in [-0.3, -0.25) is 4.79 Å². The first-order valence-electron chi connectivity index (χ1n) is 6.28. The standard InChI is InChI=1S/C14H18N2O3/c1-9-3-4-10(2)11(7-9)16-13(19)15-8-14(5-6-14)12(17)18/h3-4,7H,5-6,8H2,1-2H3,(H,17,18)(H2,15,16,19). The number of carboxylic acids is 1. The van der Waals surface area contributed by atoms with Crippen LogP contribution in [0.25, 0.3) is 0 Å². The molecule has 1 aromatic rings. The van der Waals surface area contributed by atoms with Gasteiger partial charge in [0.25, 0.3) is 0 Å². The second-order valence-electron chi connectivity index (χ2n) is 5.21. The highest BCUT2D eigenvalue weighted by Crippen LogP contribution is 2.45. The van der Waals surface area contributed by atoms with Crippen LogP contribution in [0.15, 0.2) is 18.2 Å². The van der Waals surface area contributed by atoms with Crippen LogP contribution in [-0.4, -0.2) is 23.7 Å². The highest BCUT2D eigenvalue weighted by Gasteiger charge is 2.50. The molecule has 3 N–H and O–H groups in total. The van der Waals surface area contributed by atoms with E-state index in [1.807, 2.05) is 32.0 Å². The van der Waals surface area contributed by atoms with Crippen molar-refractivity contribution in [3.8, 4) is 0 Å². The molecule has 5 nitrogen and oxygen atoms in total. The van der Waals surface area contributed by atoms with Gasteiger partial charge in [-0.2, -0.15) is 0 Å². The van der Waals surface area contributed by atoms with Crippen LogP contribution in [0.5, 0.6) is 0 Å². The molecule has 1 aliphatic carbocycles. The number of carboxylic acid groups (broad SMARTS) is 1. The first-order chi connectivity index (χ1) is 8.93. The number of nitrogens with one attached hydrogen (secondary N) is 2. The summed E-state index contributed by atoms with van der Waals surface area (Å²) < 4.78 is 0. The molecule has 0 radical (unpaired) electrons. The van der Waals surface area contributed by atoms with Crippen LogP contribution < -0.4 is 10.6 Å². The van der Waals surface area contributed by atoms with Crippen molar-refractivity contribution >= 4 is 17.7 Å². The third-order valence-corrected chi connectivity index (χ3v) is 3.54. The van der Waals surface area contributed by atoms with Crippen molar-refractivity contribution in [3.63, 3.8) is 0 Å². The van der Waals surface area contributed by atoms with E-state index in [9.17, 15) is 9.59 Å². The topological polar surface area (TPSA) is 78.4 Å². The SMILES string of the molecule is Cc1ccc(C)c(NC(=O)NCC2(C(=O)O)CC2)c1. The van der Waals surface area contributed by atoms with Gasteiger partial charge >= 0.3 is 12.0 Å². The maximum atomic E-state index is 11.8. The summed E-state index contributed by atoms with van der Waals surface area (Å²) in [7, 11) is 0. The van der Waals surface area contributed by atoms with Gasteiger partial charge < -0.3 is 15.7 Å². The Bertz CT molecular complexity index is 521. The number of aryl methyl sites for hydroxylation is 2. The normalized spacial score (nSPS) is 15.7. The van der Waals surface area contributed by atoms with Crippen LogP contribution in [0, 0.1) is 19.3 Å². The Balaban J connectivity index is 1.91. The number of aliphatic carboxylic acids is 1. The largest absolute Gasteiger partial charge is 0.481 e. The average molecular weight is 262 g/mol. The molecule has 0 aliphatic heterocycles. The van der Waals surface area contributed by atoms with Gasteiger partial charge in [-0.25, -0.2) is 4.79 Å². The van der Waals surface area contributed by atoms with Gasteiger partial charge in [-0.15, -0.1) is 0 Å². The number of anilines is 1. The number of urea groups is 1. The minimum absolute atomic E-state index is 0.180. The van der Waals surface area contributed by atoms with Crippen LogP contribution in [0.1, 0.15) is 24.0 Å². The quantitative estimate of drug-likeness (QED) is 0.779. The Morgan fingerprint density at radius 2 is 2.00 bits per heavy atom. The second kappa shape index (κ2) is 4.91. The molecule has 0 saturated heterocycles. The van der Waals surface area contributed by atoms with Crippen LogP contribution in [0.4, 0.5) is 10.5 Å². The average Bonchev–Trinajstić information content (AvgIpc) is 3.12. The van der Waals surface area contributed by atoms with Crippen molar-refractivity contribution in [1.82, 2.24) is 5.32 Å². The molecule has 1 fully saturated rings. The zero-order valence-corrected chi connectivity index (χ0v) is 11.1. The third-order valence-electron chi connectivity index (χ3n) is 3.54. The fourth-order valence-corrected chi connectivity index (χ4v) is 1.90. The predicted molar refractivity (Wildman–Crippen MR) is 72.2 cm³/mol. The lowest BCUT2D eigenvalue weighted by atomic mass is 10.1. The maximum Gasteiger partial charge on any atom is 0.319 e. The molecule has 5 heteroatoms. The van der Waals surface area contributed by atoms with E-state index in [0.29, 0.717) is 12.8 Å². The van der Waals surface area contributed by atoms with Crippen LogP contribution in [0.3, 0.4) is 0 Å². The molecule has 0 heterocycles. The Kier molecular flexibility index (Phi) is 3.46. The number of benzene rings is 1. The summed E-state index contributed by atoms with van der Waals surface area (Å²) >= 11 is 0. The van der Waals surface area contributed by atoms with Crippen molar-refractivity contribution in [1.29, 1.82) is 0 Å². The van der Waals surface area contributed by atoms with Crippen molar-refractivity contribution in [2.75, 3.05) is 11.9 Å². The number of carbonyl (C=O) groups is 2. The summed E-state index contributed by atoms with van der Waals surface area (Å²) in [6.45, 7) is 4.04. The van der Waals surface area contributed by atoms with Crippen molar-refractivity contribution < 1.29 is 14.7 Å². The molecule has 0 aromatic heterocycles. The lowest BCUT2D eigenvalue weighted by molar-refractivity contribution is -0.143. The summed E-state index contributed by atoms with van der Waals surface area (Å²) in [5, 5.41) is 14.4. The van der Waals surface area contributed by atoms with Gasteiger partial charge in [0.05, 0.1) is 5.41 Å². The molecule has 1 aliphatic rings. The number of rotatable bonds is 4. The number of hydrogen-bond donors (Lipinski definition) is 3. The highest BCUT2D eigenvalue weighted by atomic mass is 16.4. The Labute approximate surface area is 112 Å². The van der Waals surface area contributed by atoms with Gasteiger partial charge in [0.2, 0.25) is 0 Å². The zero-order valence-electron chi connectivity index (χ0n) is 11.1. The van der Waals surface area contributed by atoms with Gasteiger partial charge in [-0.1, -0.05) is 12.1 Å². The Morgan fingerprint density at radius 1 is 1.32 bits per heavy atom.